The number of likely N-dealkylation sites (tertiary alicyclic amines) is 1. The molecule has 0 unspecified atom stereocenters. The summed E-state index contributed by atoms with van der Waals surface area (Å²) in [6, 6.07) is 22.0. The first-order valence-corrected chi connectivity index (χ1v) is 14.0. The molecule has 0 atom stereocenters. The Kier molecular flexibility index (Phi) is 8.44. The van der Waals surface area contributed by atoms with E-state index in [0.717, 1.165) is 36.3 Å². The van der Waals surface area contributed by atoms with Crippen LogP contribution in [-0.4, -0.2) is 38.9 Å². The highest BCUT2D eigenvalue weighted by Crippen LogP contribution is 2.28. The summed E-state index contributed by atoms with van der Waals surface area (Å²) in [6.45, 7) is 7.11. The molecule has 0 spiro atoms. The SMILES string of the molecule is Cc1cccc(N(CC(=O)NCc2ccc(CN3CCCCC3)cc2)S(=O)(=O)c2ccccc2)c1C. The van der Waals surface area contributed by atoms with Gasteiger partial charge in [0.05, 0.1) is 10.6 Å². The van der Waals surface area contributed by atoms with Crippen molar-refractivity contribution in [2.45, 2.75) is 51.1 Å². The molecule has 0 bridgehead atoms. The van der Waals surface area contributed by atoms with Crippen molar-refractivity contribution in [1.82, 2.24) is 10.2 Å². The number of nitrogens with one attached hydrogen (secondary N) is 1. The Hall–Kier alpha value is -3.16. The van der Waals surface area contributed by atoms with Crippen LogP contribution in [0.25, 0.3) is 0 Å². The van der Waals surface area contributed by atoms with Crippen LogP contribution in [0, 0.1) is 13.8 Å². The summed E-state index contributed by atoms with van der Waals surface area (Å²) >= 11 is 0. The van der Waals surface area contributed by atoms with E-state index in [-0.39, 0.29) is 17.3 Å². The number of aryl methyl sites for hydroxylation is 1. The van der Waals surface area contributed by atoms with Crippen LogP contribution in [-0.2, 0) is 27.9 Å². The Bertz CT molecular complexity index is 1270. The van der Waals surface area contributed by atoms with Crippen molar-refractivity contribution in [3.8, 4) is 0 Å². The van der Waals surface area contributed by atoms with E-state index >= 15 is 0 Å². The minimum atomic E-state index is -3.92. The zero-order valence-electron chi connectivity index (χ0n) is 21.1. The highest BCUT2D eigenvalue weighted by molar-refractivity contribution is 7.92. The number of anilines is 1. The van der Waals surface area contributed by atoms with Crippen LogP contribution in [0.3, 0.4) is 0 Å². The topological polar surface area (TPSA) is 69.7 Å². The molecule has 1 N–H and O–H groups in total. The summed E-state index contributed by atoms with van der Waals surface area (Å²) in [4.78, 5) is 15.6. The summed E-state index contributed by atoms with van der Waals surface area (Å²) in [7, 11) is -3.92. The summed E-state index contributed by atoms with van der Waals surface area (Å²) in [5, 5.41) is 2.90. The van der Waals surface area contributed by atoms with Gasteiger partial charge in [-0.15, -0.1) is 0 Å². The first-order valence-electron chi connectivity index (χ1n) is 12.6. The van der Waals surface area contributed by atoms with E-state index in [2.05, 4.69) is 22.3 Å². The molecule has 0 saturated carbocycles. The van der Waals surface area contributed by atoms with Crippen LogP contribution in [0.5, 0.6) is 0 Å². The van der Waals surface area contributed by atoms with Crippen molar-refractivity contribution in [2.24, 2.45) is 0 Å². The van der Waals surface area contributed by atoms with Crippen molar-refractivity contribution < 1.29 is 13.2 Å². The second kappa shape index (κ2) is 11.7. The fourth-order valence-corrected chi connectivity index (χ4v) is 6.05. The Morgan fingerprint density at radius 2 is 1.53 bits per heavy atom. The van der Waals surface area contributed by atoms with Gasteiger partial charge in [0.2, 0.25) is 5.91 Å². The lowest BCUT2D eigenvalue weighted by atomic mass is 10.1. The Labute approximate surface area is 215 Å². The van der Waals surface area contributed by atoms with E-state index in [9.17, 15) is 13.2 Å². The van der Waals surface area contributed by atoms with Crippen molar-refractivity contribution in [1.29, 1.82) is 0 Å². The van der Waals surface area contributed by atoms with E-state index < -0.39 is 10.0 Å². The second-order valence-corrected chi connectivity index (χ2v) is 11.3. The molecule has 190 valence electrons. The number of sulfonamides is 1. The van der Waals surface area contributed by atoms with Gasteiger partial charge in [0.25, 0.3) is 10.0 Å². The van der Waals surface area contributed by atoms with Crippen LogP contribution >= 0.6 is 0 Å². The number of carbonyl (C=O) groups is 1. The molecule has 0 aliphatic carbocycles. The minimum Gasteiger partial charge on any atom is -0.350 e. The van der Waals surface area contributed by atoms with Crippen molar-refractivity contribution >= 4 is 21.6 Å². The lowest BCUT2D eigenvalue weighted by Gasteiger charge is -2.26. The number of piperidine rings is 1. The molecule has 1 aliphatic rings. The van der Waals surface area contributed by atoms with Crippen molar-refractivity contribution in [3.63, 3.8) is 0 Å². The van der Waals surface area contributed by atoms with Crippen LogP contribution in [0.2, 0.25) is 0 Å². The van der Waals surface area contributed by atoms with Crippen LogP contribution in [0.1, 0.15) is 41.5 Å². The summed E-state index contributed by atoms with van der Waals surface area (Å²) in [5.74, 6) is -0.354. The smallest absolute Gasteiger partial charge is 0.264 e. The standard InChI is InChI=1S/C29H35N3O3S/c1-23-10-9-13-28(24(23)2)32(36(34,35)27-11-5-3-6-12-27)22-29(33)30-20-25-14-16-26(17-15-25)21-31-18-7-4-8-19-31/h3,5-6,9-17H,4,7-8,18-22H2,1-2H3,(H,30,33). The van der Waals surface area contributed by atoms with Crippen LogP contribution < -0.4 is 9.62 Å². The largest absolute Gasteiger partial charge is 0.350 e. The number of hydrogen-bond acceptors (Lipinski definition) is 4. The third-order valence-electron chi connectivity index (χ3n) is 6.83. The van der Waals surface area contributed by atoms with Crippen LogP contribution in [0.15, 0.2) is 77.7 Å². The molecule has 1 saturated heterocycles. The lowest BCUT2D eigenvalue weighted by Crippen LogP contribution is -2.41. The molecule has 7 heteroatoms. The molecule has 6 nitrogen and oxygen atoms in total. The molecule has 3 aromatic rings. The van der Waals surface area contributed by atoms with Gasteiger partial charge in [-0.2, -0.15) is 0 Å². The molecule has 36 heavy (non-hydrogen) atoms. The van der Waals surface area contributed by atoms with Gasteiger partial charge in [0.1, 0.15) is 6.54 Å². The fraction of sp³-hybridized carbons (Fsp3) is 0.345. The Balaban J connectivity index is 1.45. The molecular formula is C29H35N3O3S. The number of carbonyl (C=O) groups excluding carboxylic acids is 1. The van der Waals surface area contributed by atoms with E-state index in [1.165, 1.54) is 29.1 Å². The van der Waals surface area contributed by atoms with E-state index in [1.807, 2.05) is 38.1 Å². The lowest BCUT2D eigenvalue weighted by molar-refractivity contribution is -0.119. The Morgan fingerprint density at radius 3 is 2.22 bits per heavy atom. The van der Waals surface area contributed by atoms with Crippen molar-refractivity contribution in [2.75, 3.05) is 23.9 Å². The van der Waals surface area contributed by atoms with E-state index in [0.29, 0.717) is 12.2 Å². The first-order chi connectivity index (χ1) is 17.3. The van der Waals surface area contributed by atoms with E-state index in [1.54, 1.807) is 36.4 Å². The number of hydrogen-bond donors (Lipinski definition) is 1. The number of benzene rings is 3. The van der Waals surface area contributed by atoms with Crippen LogP contribution in [0.4, 0.5) is 5.69 Å². The summed E-state index contributed by atoms with van der Waals surface area (Å²) in [6.07, 6.45) is 3.86. The molecule has 1 heterocycles. The monoisotopic (exact) mass is 505 g/mol. The number of amides is 1. The quantitative estimate of drug-likeness (QED) is 0.454. The minimum absolute atomic E-state index is 0.156. The van der Waals surface area contributed by atoms with Gasteiger partial charge in [-0.25, -0.2) is 8.42 Å². The maximum absolute atomic E-state index is 13.5. The third-order valence-corrected chi connectivity index (χ3v) is 8.60. The zero-order valence-corrected chi connectivity index (χ0v) is 21.9. The van der Waals surface area contributed by atoms with Gasteiger partial charge in [0, 0.05) is 13.1 Å². The highest BCUT2D eigenvalue weighted by atomic mass is 32.2. The summed E-state index contributed by atoms with van der Waals surface area (Å²) in [5.41, 5.74) is 4.55. The number of nitrogens with zero attached hydrogens (tertiary/aromatic N) is 2. The molecule has 3 aromatic carbocycles. The van der Waals surface area contributed by atoms with Gasteiger partial charge in [0.15, 0.2) is 0 Å². The number of rotatable bonds is 9. The molecule has 0 radical (unpaired) electrons. The van der Waals surface area contributed by atoms with E-state index in [4.69, 9.17) is 0 Å². The second-order valence-electron chi connectivity index (χ2n) is 9.47. The maximum atomic E-state index is 13.5. The van der Waals surface area contributed by atoms with Gasteiger partial charge < -0.3 is 5.32 Å². The normalized spacial score (nSPS) is 14.4. The zero-order chi connectivity index (χ0) is 25.5. The molecule has 1 amide bonds. The molecule has 1 aliphatic heterocycles. The summed E-state index contributed by atoms with van der Waals surface area (Å²) < 4.78 is 28.3. The Morgan fingerprint density at radius 1 is 0.861 bits per heavy atom. The average Bonchev–Trinajstić information content (AvgIpc) is 2.90. The molecular weight excluding hydrogens is 470 g/mol. The molecule has 4 rings (SSSR count). The maximum Gasteiger partial charge on any atom is 0.264 e. The highest BCUT2D eigenvalue weighted by Gasteiger charge is 2.28. The molecule has 1 fully saturated rings. The van der Waals surface area contributed by atoms with Crippen molar-refractivity contribution in [3.05, 3.63) is 95.1 Å². The van der Waals surface area contributed by atoms with Gasteiger partial charge >= 0.3 is 0 Å². The fourth-order valence-electron chi connectivity index (χ4n) is 4.55. The third kappa shape index (κ3) is 6.33. The average molecular weight is 506 g/mol. The molecule has 0 aromatic heterocycles. The van der Waals surface area contributed by atoms with Gasteiger partial charge in [-0.1, -0.05) is 61.0 Å². The first kappa shape index (κ1) is 25.9. The predicted octanol–water partition coefficient (Wildman–Crippen LogP) is 4.80. The van der Waals surface area contributed by atoms with Gasteiger partial charge in [-0.3, -0.25) is 14.0 Å². The predicted molar refractivity (Wildman–Crippen MR) is 144 cm³/mol. The van der Waals surface area contributed by atoms with Gasteiger partial charge in [-0.05, 0) is 80.2 Å².